The van der Waals surface area contributed by atoms with Crippen LogP contribution in [0.5, 0.6) is 5.88 Å². The van der Waals surface area contributed by atoms with Crippen LogP contribution in [-0.2, 0) is 11.3 Å². The van der Waals surface area contributed by atoms with E-state index in [4.69, 9.17) is 31.0 Å². The van der Waals surface area contributed by atoms with Crippen LogP contribution in [0.2, 0.25) is 5.02 Å². The largest absolute Gasteiger partial charge is 0.468 e. The van der Waals surface area contributed by atoms with E-state index in [0.717, 1.165) is 10.5 Å². The van der Waals surface area contributed by atoms with E-state index >= 15 is 0 Å². The molecule has 1 spiro atoms. The topological polar surface area (TPSA) is 146 Å². The molecule has 0 saturated carbocycles. The molecule has 6 rings (SSSR count). The normalized spacial score (nSPS) is 19.4. The van der Waals surface area contributed by atoms with E-state index in [2.05, 4.69) is 25.1 Å². The summed E-state index contributed by atoms with van der Waals surface area (Å²) in [7, 11) is 0. The van der Waals surface area contributed by atoms with Crippen LogP contribution in [0.1, 0.15) is 64.8 Å². The number of rotatable bonds is 7. The summed E-state index contributed by atoms with van der Waals surface area (Å²) in [4.78, 5) is 36.1. The van der Waals surface area contributed by atoms with Gasteiger partial charge in [0, 0.05) is 67.8 Å². The number of ether oxygens (including phenoxy) is 2. The molecule has 3 aliphatic heterocycles. The Balaban J connectivity index is 1.15. The average molecular weight is 670 g/mol. The number of hydrogen-bond donors (Lipinski definition) is 3. The Hall–Kier alpha value is -3.39. The highest BCUT2D eigenvalue weighted by Crippen LogP contribution is 2.48. The van der Waals surface area contributed by atoms with Crippen LogP contribution < -0.4 is 19.9 Å². The zero-order chi connectivity index (χ0) is 32.9. The number of alkyl carbamates (subject to hydrolysis) is 1. The van der Waals surface area contributed by atoms with Crippen molar-refractivity contribution in [3.63, 3.8) is 0 Å². The summed E-state index contributed by atoms with van der Waals surface area (Å²) in [6, 6.07) is 5.16. The van der Waals surface area contributed by atoms with Gasteiger partial charge in [-0.2, -0.15) is 0 Å². The van der Waals surface area contributed by atoms with Gasteiger partial charge < -0.3 is 34.8 Å². The van der Waals surface area contributed by atoms with Gasteiger partial charge in [-0.15, -0.1) is 0 Å². The second-order valence-corrected chi connectivity index (χ2v) is 15.0. The van der Waals surface area contributed by atoms with Crippen LogP contribution in [0.15, 0.2) is 46.7 Å². The van der Waals surface area contributed by atoms with Crippen LogP contribution in [-0.4, -0.2) is 79.2 Å². The average Bonchev–Trinajstić information content (AvgIpc) is 3.25. The third-order valence-electron chi connectivity index (χ3n) is 8.69. The molecular weight excluding hydrogens is 630 g/mol. The summed E-state index contributed by atoms with van der Waals surface area (Å²) in [5.41, 5.74) is -0.812. The third-order valence-corrected chi connectivity index (χ3v) is 10.1. The summed E-state index contributed by atoms with van der Waals surface area (Å²) >= 11 is 8.14. The van der Waals surface area contributed by atoms with E-state index in [1.54, 1.807) is 18.6 Å². The number of anilines is 2. The number of aliphatic hydroxyl groups excluding tert-OH is 1. The van der Waals surface area contributed by atoms with Crippen molar-refractivity contribution in [2.45, 2.75) is 86.8 Å². The van der Waals surface area contributed by atoms with Gasteiger partial charge in [-0.1, -0.05) is 23.4 Å². The Morgan fingerprint density at radius 1 is 1.11 bits per heavy atom. The number of fused-ring (bicyclic) bond motifs is 1. The van der Waals surface area contributed by atoms with Crippen molar-refractivity contribution in [3.8, 4) is 5.88 Å². The molecule has 0 bridgehead atoms. The lowest BCUT2D eigenvalue weighted by molar-refractivity contribution is 0.00436. The predicted octanol–water partition coefficient (Wildman–Crippen LogP) is 4.77. The van der Waals surface area contributed by atoms with Gasteiger partial charge in [-0.05, 0) is 52.8 Å². The van der Waals surface area contributed by atoms with Crippen molar-refractivity contribution >= 4 is 41.1 Å². The van der Waals surface area contributed by atoms with Gasteiger partial charge >= 0.3 is 6.09 Å². The highest BCUT2D eigenvalue weighted by Gasteiger charge is 2.52. The van der Waals surface area contributed by atoms with Gasteiger partial charge in [0.1, 0.15) is 33.8 Å². The van der Waals surface area contributed by atoms with Gasteiger partial charge in [0.05, 0.1) is 23.4 Å². The molecule has 2 fully saturated rings. The number of aliphatic hydroxyl groups is 2. The molecular formula is C32H40ClN7O5S. The number of pyridine rings is 2. The maximum Gasteiger partial charge on any atom is 0.408 e. The number of aromatic nitrogens is 4. The molecule has 6 heterocycles. The van der Waals surface area contributed by atoms with Crippen molar-refractivity contribution in [2.24, 2.45) is 5.92 Å². The van der Waals surface area contributed by atoms with Crippen molar-refractivity contribution in [3.05, 3.63) is 53.1 Å². The fourth-order valence-corrected chi connectivity index (χ4v) is 7.26. The Bertz CT molecular complexity index is 1600. The van der Waals surface area contributed by atoms with Crippen LogP contribution in [0, 0.1) is 5.92 Å². The Kier molecular flexibility index (Phi) is 8.72. The minimum atomic E-state index is -0.757. The molecule has 1 atom stereocenters. The van der Waals surface area contributed by atoms with Crippen LogP contribution >= 0.6 is 23.4 Å². The Labute approximate surface area is 277 Å². The number of amides is 1. The molecule has 3 aromatic rings. The first-order valence-corrected chi connectivity index (χ1v) is 16.6. The molecule has 0 unspecified atom stereocenters. The molecule has 246 valence electrons. The van der Waals surface area contributed by atoms with Crippen LogP contribution in [0.4, 0.5) is 16.4 Å². The van der Waals surface area contributed by atoms with Gasteiger partial charge in [0.25, 0.3) is 0 Å². The summed E-state index contributed by atoms with van der Waals surface area (Å²) in [5.74, 6) is 1.94. The summed E-state index contributed by atoms with van der Waals surface area (Å²) in [5, 5.41) is 24.8. The lowest BCUT2D eigenvalue weighted by Gasteiger charge is -2.46. The molecule has 2 saturated heterocycles. The zero-order valence-corrected chi connectivity index (χ0v) is 28.2. The number of piperidine rings is 1. The molecule has 46 heavy (non-hydrogen) atoms. The fraction of sp³-hybridized carbons (Fsp3) is 0.531. The van der Waals surface area contributed by atoms with E-state index < -0.39 is 28.9 Å². The maximum atomic E-state index is 12.8. The molecule has 1 amide bonds. The van der Waals surface area contributed by atoms with Crippen molar-refractivity contribution in [1.82, 2.24) is 25.3 Å². The molecule has 0 radical (unpaired) electrons. The number of hydrogen-bond acceptors (Lipinski definition) is 12. The lowest BCUT2D eigenvalue weighted by atomic mass is 9.82. The third kappa shape index (κ3) is 6.55. The number of carbonyl (C=O) groups is 1. The summed E-state index contributed by atoms with van der Waals surface area (Å²) in [6.07, 6.45) is 5.72. The lowest BCUT2D eigenvalue weighted by Crippen LogP contribution is -2.56. The van der Waals surface area contributed by atoms with E-state index in [0.29, 0.717) is 72.3 Å². The first-order valence-electron chi connectivity index (χ1n) is 15.4. The first-order chi connectivity index (χ1) is 21.8. The highest BCUT2D eigenvalue weighted by atomic mass is 35.5. The SMILES string of the molecule is CC(C)(C)OC(=O)N[C@@H]1c2cccnc2OC12CCN(c1ncc(Sc3ccnc(N4CC(C(C)(C)O)C4)c3Cl)nc1CO)CC2. The molecule has 14 heteroatoms. The molecule has 0 aromatic carbocycles. The van der Waals surface area contributed by atoms with E-state index in [1.165, 1.54) is 11.8 Å². The molecule has 12 nitrogen and oxygen atoms in total. The second kappa shape index (κ2) is 12.3. The standard InChI is InChI=1S/C32H40ClN7O5S/c1-30(2,3)45-29(42)38-25-20-7-6-11-35-28(20)44-32(25)9-13-39(14-10-32)26-21(18-41)37-23(15-36-26)46-22-8-12-34-27(24(22)33)40-16-19(17-40)31(4,5)43/h6-8,11-12,15,19,25,41,43H,9-10,13-14,16-18H2,1-5H3,(H,38,42)/t25-/m1/s1. The fourth-order valence-electron chi connectivity index (χ4n) is 6.11. The van der Waals surface area contributed by atoms with E-state index in [-0.39, 0.29) is 12.5 Å². The summed E-state index contributed by atoms with van der Waals surface area (Å²) in [6.45, 7) is 11.3. The van der Waals surface area contributed by atoms with Gasteiger partial charge in [-0.3, -0.25) is 0 Å². The van der Waals surface area contributed by atoms with E-state index in [9.17, 15) is 15.0 Å². The maximum absolute atomic E-state index is 12.8. The number of carbonyl (C=O) groups excluding carboxylic acids is 1. The zero-order valence-electron chi connectivity index (χ0n) is 26.7. The monoisotopic (exact) mass is 669 g/mol. The highest BCUT2D eigenvalue weighted by molar-refractivity contribution is 7.99. The predicted molar refractivity (Wildman–Crippen MR) is 174 cm³/mol. The van der Waals surface area contributed by atoms with Gasteiger partial charge in [-0.25, -0.2) is 24.7 Å². The minimum Gasteiger partial charge on any atom is -0.468 e. The number of nitrogens with zero attached hydrogens (tertiary/aromatic N) is 6. The smallest absolute Gasteiger partial charge is 0.408 e. The Morgan fingerprint density at radius 3 is 2.52 bits per heavy atom. The van der Waals surface area contributed by atoms with Crippen molar-refractivity contribution in [2.75, 3.05) is 36.0 Å². The second-order valence-electron chi connectivity index (χ2n) is 13.6. The van der Waals surface area contributed by atoms with E-state index in [1.807, 2.05) is 52.8 Å². The Morgan fingerprint density at radius 2 is 1.85 bits per heavy atom. The minimum absolute atomic E-state index is 0.149. The molecule has 3 N–H and O–H groups in total. The molecule has 3 aliphatic rings. The molecule has 3 aromatic heterocycles. The van der Waals surface area contributed by atoms with Gasteiger partial charge in [0.2, 0.25) is 5.88 Å². The van der Waals surface area contributed by atoms with Crippen molar-refractivity contribution < 1.29 is 24.5 Å². The van der Waals surface area contributed by atoms with Gasteiger partial charge in [0.15, 0.2) is 5.82 Å². The van der Waals surface area contributed by atoms with Crippen LogP contribution in [0.3, 0.4) is 0 Å². The quantitative estimate of drug-likeness (QED) is 0.319. The summed E-state index contributed by atoms with van der Waals surface area (Å²) < 4.78 is 12.0. The number of nitrogens with one attached hydrogen (secondary N) is 1. The van der Waals surface area contributed by atoms with Crippen molar-refractivity contribution in [1.29, 1.82) is 0 Å². The number of halogens is 1. The first kappa shape index (κ1) is 32.5. The molecule has 0 aliphatic carbocycles. The van der Waals surface area contributed by atoms with Crippen LogP contribution in [0.25, 0.3) is 0 Å².